The molecule has 1 aromatic heterocycles. The molecular formula is C10H17N3O2S. The highest BCUT2D eigenvalue weighted by atomic mass is 32.1. The van der Waals surface area contributed by atoms with E-state index in [9.17, 15) is 4.79 Å². The molecule has 0 saturated carbocycles. The molecule has 5 nitrogen and oxygen atoms in total. The van der Waals surface area contributed by atoms with Crippen molar-refractivity contribution in [1.29, 1.82) is 0 Å². The number of carbonyl (C=O) groups is 1. The third-order valence-corrected chi connectivity index (χ3v) is 3.26. The summed E-state index contributed by atoms with van der Waals surface area (Å²) in [6.07, 6.45) is 0.661. The number of amides is 2. The molecule has 1 heterocycles. The van der Waals surface area contributed by atoms with Crippen LogP contribution in [0.3, 0.4) is 0 Å². The molecule has 6 heteroatoms. The highest BCUT2D eigenvalue weighted by Gasteiger charge is 2.23. The van der Waals surface area contributed by atoms with E-state index in [4.69, 9.17) is 5.11 Å². The molecule has 0 aliphatic carbocycles. The summed E-state index contributed by atoms with van der Waals surface area (Å²) in [6.45, 7) is 5.47. The number of carbonyl (C=O) groups excluding carboxylic acids is 1. The largest absolute Gasteiger partial charge is 0.394 e. The molecule has 3 N–H and O–H groups in total. The predicted molar refractivity (Wildman–Crippen MR) is 64.8 cm³/mol. The molecule has 1 unspecified atom stereocenters. The summed E-state index contributed by atoms with van der Waals surface area (Å²) in [5, 5.41) is 16.9. The lowest BCUT2D eigenvalue weighted by Gasteiger charge is -2.26. The Hall–Kier alpha value is -1.14. The predicted octanol–water partition coefficient (Wildman–Crippen LogP) is 1.73. The Balaban J connectivity index is 2.53. The SMILES string of the molecule is CCC(C)(CO)NC(=O)Nc1nc(C)cs1. The van der Waals surface area contributed by atoms with Gasteiger partial charge in [0.15, 0.2) is 5.13 Å². The van der Waals surface area contributed by atoms with Crippen LogP contribution in [0.5, 0.6) is 0 Å². The fourth-order valence-corrected chi connectivity index (χ4v) is 1.74. The molecule has 1 atom stereocenters. The summed E-state index contributed by atoms with van der Waals surface area (Å²) < 4.78 is 0. The van der Waals surface area contributed by atoms with Crippen LogP contribution in [-0.2, 0) is 0 Å². The van der Waals surface area contributed by atoms with Gasteiger partial charge in [0.05, 0.1) is 17.8 Å². The van der Waals surface area contributed by atoms with Crippen LogP contribution in [0.1, 0.15) is 26.0 Å². The van der Waals surface area contributed by atoms with Crippen molar-refractivity contribution >= 4 is 22.5 Å². The van der Waals surface area contributed by atoms with E-state index in [1.54, 1.807) is 6.92 Å². The van der Waals surface area contributed by atoms with E-state index in [2.05, 4.69) is 15.6 Å². The summed E-state index contributed by atoms with van der Waals surface area (Å²) in [6, 6.07) is -0.340. The van der Waals surface area contributed by atoms with Gasteiger partial charge in [0.2, 0.25) is 0 Å². The van der Waals surface area contributed by atoms with Crippen LogP contribution in [0.4, 0.5) is 9.93 Å². The van der Waals surface area contributed by atoms with E-state index in [0.29, 0.717) is 11.6 Å². The minimum Gasteiger partial charge on any atom is -0.394 e. The first-order valence-corrected chi connectivity index (χ1v) is 5.99. The maximum atomic E-state index is 11.6. The Morgan fingerprint density at radius 1 is 1.69 bits per heavy atom. The number of aliphatic hydroxyl groups excluding tert-OH is 1. The zero-order valence-corrected chi connectivity index (χ0v) is 10.5. The van der Waals surface area contributed by atoms with Crippen LogP contribution in [0.2, 0.25) is 0 Å². The Kier molecular flexibility index (Phi) is 4.26. The molecule has 2 amide bonds. The molecule has 0 radical (unpaired) electrons. The molecule has 90 valence electrons. The van der Waals surface area contributed by atoms with Gasteiger partial charge in [-0.05, 0) is 20.3 Å². The van der Waals surface area contributed by atoms with Crippen LogP contribution >= 0.6 is 11.3 Å². The van der Waals surface area contributed by atoms with E-state index < -0.39 is 5.54 Å². The van der Waals surface area contributed by atoms with Crippen molar-refractivity contribution in [2.45, 2.75) is 32.7 Å². The number of aromatic nitrogens is 1. The van der Waals surface area contributed by atoms with E-state index in [1.807, 2.05) is 19.2 Å². The number of rotatable bonds is 4. The van der Waals surface area contributed by atoms with Gasteiger partial charge in [-0.3, -0.25) is 5.32 Å². The van der Waals surface area contributed by atoms with E-state index in [1.165, 1.54) is 11.3 Å². The van der Waals surface area contributed by atoms with Crippen molar-refractivity contribution < 1.29 is 9.90 Å². The summed E-state index contributed by atoms with van der Waals surface area (Å²) in [5.41, 5.74) is 0.289. The molecule has 16 heavy (non-hydrogen) atoms. The fourth-order valence-electron chi connectivity index (χ4n) is 1.05. The number of anilines is 1. The van der Waals surface area contributed by atoms with Gasteiger partial charge in [0, 0.05) is 5.38 Å². The second kappa shape index (κ2) is 5.27. The van der Waals surface area contributed by atoms with Crippen LogP contribution in [-0.4, -0.2) is 28.3 Å². The van der Waals surface area contributed by atoms with Gasteiger partial charge in [-0.25, -0.2) is 9.78 Å². The molecule has 1 rings (SSSR count). The van der Waals surface area contributed by atoms with Crippen molar-refractivity contribution in [3.05, 3.63) is 11.1 Å². The average Bonchev–Trinajstić information content (AvgIpc) is 2.63. The van der Waals surface area contributed by atoms with Crippen molar-refractivity contribution in [3.8, 4) is 0 Å². The van der Waals surface area contributed by atoms with Crippen LogP contribution in [0.15, 0.2) is 5.38 Å². The summed E-state index contributed by atoms with van der Waals surface area (Å²) in [5.74, 6) is 0. The van der Waals surface area contributed by atoms with E-state index >= 15 is 0 Å². The van der Waals surface area contributed by atoms with Gasteiger partial charge >= 0.3 is 6.03 Å². The van der Waals surface area contributed by atoms with Crippen LogP contribution in [0.25, 0.3) is 0 Å². The fraction of sp³-hybridized carbons (Fsp3) is 0.600. The number of urea groups is 1. The van der Waals surface area contributed by atoms with E-state index in [0.717, 1.165) is 5.69 Å². The van der Waals surface area contributed by atoms with Crippen LogP contribution in [0, 0.1) is 6.92 Å². The zero-order chi connectivity index (χ0) is 12.2. The summed E-state index contributed by atoms with van der Waals surface area (Å²) in [4.78, 5) is 15.7. The monoisotopic (exact) mass is 243 g/mol. The average molecular weight is 243 g/mol. The highest BCUT2D eigenvalue weighted by molar-refractivity contribution is 7.13. The smallest absolute Gasteiger partial charge is 0.321 e. The number of hydrogen-bond donors (Lipinski definition) is 3. The maximum Gasteiger partial charge on any atom is 0.321 e. The first-order valence-electron chi connectivity index (χ1n) is 5.11. The lowest BCUT2D eigenvalue weighted by molar-refractivity contribution is 0.172. The lowest BCUT2D eigenvalue weighted by Crippen LogP contribution is -2.50. The number of nitrogens with one attached hydrogen (secondary N) is 2. The zero-order valence-electron chi connectivity index (χ0n) is 9.70. The van der Waals surface area contributed by atoms with Crippen molar-refractivity contribution in [2.75, 3.05) is 11.9 Å². The Labute approximate surface area is 98.9 Å². The molecule has 0 fully saturated rings. The van der Waals surface area contributed by atoms with Gasteiger partial charge in [-0.1, -0.05) is 6.92 Å². The third kappa shape index (κ3) is 3.46. The Morgan fingerprint density at radius 2 is 2.38 bits per heavy atom. The Bertz CT molecular complexity index is 361. The number of hydrogen-bond acceptors (Lipinski definition) is 4. The van der Waals surface area contributed by atoms with Crippen molar-refractivity contribution in [3.63, 3.8) is 0 Å². The molecule has 0 aliphatic rings. The lowest BCUT2D eigenvalue weighted by atomic mass is 10.0. The molecule has 0 aromatic carbocycles. The number of thiazole rings is 1. The topological polar surface area (TPSA) is 74.2 Å². The van der Waals surface area contributed by atoms with Gasteiger partial charge in [0.1, 0.15) is 0 Å². The normalized spacial score (nSPS) is 14.2. The minimum absolute atomic E-state index is 0.0895. The molecule has 0 saturated heterocycles. The molecule has 1 aromatic rings. The van der Waals surface area contributed by atoms with Gasteiger partial charge in [-0.2, -0.15) is 0 Å². The molecule has 0 spiro atoms. The van der Waals surface area contributed by atoms with Crippen LogP contribution < -0.4 is 10.6 Å². The van der Waals surface area contributed by atoms with Gasteiger partial charge < -0.3 is 10.4 Å². The third-order valence-electron chi connectivity index (χ3n) is 2.38. The minimum atomic E-state index is -0.587. The number of aliphatic hydroxyl groups is 1. The highest BCUT2D eigenvalue weighted by Crippen LogP contribution is 2.15. The first kappa shape index (κ1) is 12.9. The molecular weight excluding hydrogens is 226 g/mol. The first-order chi connectivity index (χ1) is 7.49. The second-order valence-electron chi connectivity index (χ2n) is 3.95. The molecule has 0 bridgehead atoms. The van der Waals surface area contributed by atoms with Crippen molar-refractivity contribution in [2.24, 2.45) is 0 Å². The maximum absolute atomic E-state index is 11.6. The molecule has 0 aliphatic heterocycles. The van der Waals surface area contributed by atoms with Gasteiger partial charge in [-0.15, -0.1) is 11.3 Å². The summed E-state index contributed by atoms with van der Waals surface area (Å²) >= 11 is 1.37. The van der Waals surface area contributed by atoms with Gasteiger partial charge in [0.25, 0.3) is 0 Å². The summed E-state index contributed by atoms with van der Waals surface area (Å²) in [7, 11) is 0. The standard InChI is InChI=1S/C10H17N3O2S/c1-4-10(3,6-14)13-8(15)12-9-11-7(2)5-16-9/h5,14H,4,6H2,1-3H3,(H2,11,12,13,15). The van der Waals surface area contributed by atoms with Crippen molar-refractivity contribution in [1.82, 2.24) is 10.3 Å². The number of aryl methyl sites for hydroxylation is 1. The van der Waals surface area contributed by atoms with E-state index in [-0.39, 0.29) is 12.6 Å². The number of nitrogens with zero attached hydrogens (tertiary/aromatic N) is 1. The Morgan fingerprint density at radius 3 is 2.81 bits per heavy atom. The second-order valence-corrected chi connectivity index (χ2v) is 4.80. The quantitative estimate of drug-likeness (QED) is 0.754.